The predicted octanol–water partition coefficient (Wildman–Crippen LogP) is 4.11. The van der Waals surface area contributed by atoms with Gasteiger partial charge in [-0.15, -0.1) is 11.3 Å². The van der Waals surface area contributed by atoms with E-state index in [2.05, 4.69) is 10.3 Å². The van der Waals surface area contributed by atoms with Crippen molar-refractivity contribution in [3.8, 4) is 5.75 Å². The third-order valence-corrected chi connectivity index (χ3v) is 6.44. The van der Waals surface area contributed by atoms with E-state index in [4.69, 9.17) is 4.74 Å². The first-order chi connectivity index (χ1) is 15.7. The second-order valence-electron chi connectivity index (χ2n) is 7.99. The fraction of sp³-hybridized carbons (Fsp3) is 0.250. The van der Waals surface area contributed by atoms with Crippen LogP contribution in [0.3, 0.4) is 0 Å². The first kappa shape index (κ1) is 22.5. The first-order valence-corrected chi connectivity index (χ1v) is 11.2. The third kappa shape index (κ3) is 4.19. The van der Waals surface area contributed by atoms with Crippen molar-refractivity contribution in [1.82, 2.24) is 15.2 Å². The van der Waals surface area contributed by atoms with Crippen LogP contribution in [0.1, 0.15) is 30.7 Å². The van der Waals surface area contributed by atoms with Gasteiger partial charge in [0.15, 0.2) is 5.13 Å². The largest absolute Gasteiger partial charge is 0.497 e. The molecule has 3 aromatic rings. The minimum atomic E-state index is -1.19. The number of amides is 4. The van der Waals surface area contributed by atoms with Crippen molar-refractivity contribution < 1.29 is 19.1 Å². The maximum atomic E-state index is 13.2. The van der Waals surface area contributed by atoms with Gasteiger partial charge in [-0.2, -0.15) is 0 Å². The predicted molar refractivity (Wildman–Crippen MR) is 126 cm³/mol. The summed E-state index contributed by atoms with van der Waals surface area (Å²) in [4.78, 5) is 45.5. The van der Waals surface area contributed by atoms with E-state index in [-0.39, 0.29) is 18.4 Å². The summed E-state index contributed by atoms with van der Waals surface area (Å²) in [5.74, 6) is 0.118. The van der Waals surface area contributed by atoms with E-state index in [1.54, 1.807) is 43.7 Å². The Morgan fingerprint density at radius 3 is 2.58 bits per heavy atom. The van der Waals surface area contributed by atoms with E-state index >= 15 is 0 Å². The molecule has 0 spiro atoms. The second kappa shape index (κ2) is 8.67. The lowest BCUT2D eigenvalue weighted by Gasteiger charge is -2.22. The van der Waals surface area contributed by atoms with Crippen LogP contribution in [0.2, 0.25) is 0 Å². The number of benzene rings is 2. The summed E-state index contributed by atoms with van der Waals surface area (Å²) in [6, 6.07) is 14.1. The van der Waals surface area contributed by atoms with Gasteiger partial charge in [0.05, 0.1) is 25.0 Å². The number of imide groups is 1. The topological polar surface area (TPSA) is 91.8 Å². The highest BCUT2D eigenvalue weighted by atomic mass is 32.1. The lowest BCUT2D eigenvalue weighted by molar-refractivity contribution is -0.131. The van der Waals surface area contributed by atoms with E-state index in [1.807, 2.05) is 31.2 Å². The first-order valence-electron chi connectivity index (χ1n) is 10.3. The molecule has 2 heterocycles. The van der Waals surface area contributed by atoms with Crippen molar-refractivity contribution in [2.24, 2.45) is 0 Å². The monoisotopic (exact) mass is 464 g/mol. The molecule has 1 unspecified atom stereocenters. The van der Waals surface area contributed by atoms with Crippen molar-refractivity contribution in [2.75, 3.05) is 12.0 Å². The van der Waals surface area contributed by atoms with Crippen molar-refractivity contribution in [3.05, 3.63) is 70.7 Å². The van der Waals surface area contributed by atoms with Crippen LogP contribution < -0.4 is 15.0 Å². The molecule has 1 aliphatic heterocycles. The van der Waals surface area contributed by atoms with Crippen LogP contribution >= 0.6 is 11.3 Å². The fourth-order valence-electron chi connectivity index (χ4n) is 3.79. The lowest BCUT2D eigenvalue weighted by atomic mass is 9.92. The number of aryl methyl sites for hydroxylation is 1. The summed E-state index contributed by atoms with van der Waals surface area (Å²) in [5.41, 5.74) is 1.73. The molecule has 9 heteroatoms. The average Bonchev–Trinajstić information content (AvgIpc) is 3.32. The summed E-state index contributed by atoms with van der Waals surface area (Å²) < 4.78 is 5.17. The van der Waals surface area contributed by atoms with Crippen molar-refractivity contribution in [2.45, 2.75) is 32.9 Å². The molecular weight excluding hydrogens is 440 g/mol. The summed E-state index contributed by atoms with van der Waals surface area (Å²) >= 11 is 1.28. The van der Waals surface area contributed by atoms with Gasteiger partial charge in [-0.1, -0.05) is 24.3 Å². The Hall–Kier alpha value is -3.72. The van der Waals surface area contributed by atoms with Crippen LogP contribution in [0.4, 0.5) is 15.6 Å². The summed E-state index contributed by atoms with van der Waals surface area (Å²) in [7, 11) is 1.56. The smallest absolute Gasteiger partial charge is 0.325 e. The number of nitrogens with one attached hydrogen (secondary N) is 1. The number of urea groups is 1. The molecule has 1 atom stereocenters. The van der Waals surface area contributed by atoms with Crippen LogP contribution in [0.25, 0.3) is 0 Å². The molecule has 1 fully saturated rings. The number of thiazole rings is 1. The van der Waals surface area contributed by atoms with E-state index in [1.165, 1.54) is 23.2 Å². The molecule has 8 nitrogen and oxygen atoms in total. The van der Waals surface area contributed by atoms with Crippen LogP contribution in [-0.4, -0.2) is 34.8 Å². The van der Waals surface area contributed by atoms with Gasteiger partial charge < -0.3 is 10.1 Å². The van der Waals surface area contributed by atoms with Gasteiger partial charge in [0.1, 0.15) is 11.3 Å². The Morgan fingerprint density at radius 2 is 1.94 bits per heavy atom. The van der Waals surface area contributed by atoms with E-state index < -0.39 is 11.6 Å². The molecule has 4 rings (SSSR count). The number of anilines is 2. The van der Waals surface area contributed by atoms with Crippen molar-refractivity contribution in [1.29, 1.82) is 0 Å². The van der Waals surface area contributed by atoms with Gasteiger partial charge in [-0.25, -0.2) is 9.78 Å². The van der Waals surface area contributed by atoms with Crippen molar-refractivity contribution in [3.63, 3.8) is 0 Å². The molecule has 0 aliphatic carbocycles. The minimum Gasteiger partial charge on any atom is -0.497 e. The highest BCUT2D eigenvalue weighted by Crippen LogP contribution is 2.33. The average molecular weight is 465 g/mol. The van der Waals surface area contributed by atoms with Crippen LogP contribution in [0.5, 0.6) is 5.75 Å². The maximum absolute atomic E-state index is 13.2. The van der Waals surface area contributed by atoms with Gasteiger partial charge >= 0.3 is 6.03 Å². The van der Waals surface area contributed by atoms with Gasteiger partial charge in [0.2, 0.25) is 5.91 Å². The van der Waals surface area contributed by atoms with Gasteiger partial charge in [0, 0.05) is 12.3 Å². The quantitative estimate of drug-likeness (QED) is 0.554. The zero-order valence-electron chi connectivity index (χ0n) is 18.8. The Bertz CT molecular complexity index is 1220. The fourth-order valence-corrected chi connectivity index (χ4v) is 4.67. The molecule has 0 saturated carbocycles. The highest BCUT2D eigenvalue weighted by Gasteiger charge is 2.49. The number of nitrogens with zero attached hydrogens (tertiary/aromatic N) is 3. The van der Waals surface area contributed by atoms with Crippen LogP contribution in [0.15, 0.2) is 53.9 Å². The lowest BCUT2D eigenvalue weighted by Crippen LogP contribution is -2.40. The SMILES string of the molecule is COc1ccc(C2(C)NC(=O)N(Cc3csc(N(C(C)=O)c4cccc(C)c4)n3)C2=O)cc1. The third-order valence-electron chi connectivity index (χ3n) is 5.57. The molecule has 2 aromatic carbocycles. The summed E-state index contributed by atoms with van der Waals surface area (Å²) in [6.07, 6.45) is 0. The Morgan fingerprint density at radius 1 is 1.21 bits per heavy atom. The normalized spacial score (nSPS) is 17.8. The number of methoxy groups -OCH3 is 1. The van der Waals surface area contributed by atoms with Gasteiger partial charge in [0.25, 0.3) is 5.91 Å². The molecule has 1 saturated heterocycles. The molecule has 0 bridgehead atoms. The molecule has 1 N–H and O–H groups in total. The Balaban J connectivity index is 1.56. The second-order valence-corrected chi connectivity index (χ2v) is 8.83. The number of ether oxygens (including phenoxy) is 1. The van der Waals surface area contributed by atoms with Crippen LogP contribution in [-0.2, 0) is 21.7 Å². The number of carbonyl (C=O) groups excluding carboxylic acids is 3. The molecule has 170 valence electrons. The maximum Gasteiger partial charge on any atom is 0.325 e. The zero-order valence-corrected chi connectivity index (χ0v) is 19.6. The summed E-state index contributed by atoms with van der Waals surface area (Å²) in [5, 5.41) is 5.03. The van der Waals surface area contributed by atoms with Gasteiger partial charge in [-0.3, -0.25) is 19.4 Å². The minimum absolute atomic E-state index is 0.00642. The number of aromatic nitrogens is 1. The molecule has 1 aliphatic rings. The molecular formula is C24H24N4O4S. The Kier molecular flexibility index (Phi) is 5.90. The number of hydrogen-bond donors (Lipinski definition) is 1. The number of carbonyl (C=O) groups is 3. The molecule has 4 amide bonds. The number of rotatable bonds is 6. The molecule has 0 radical (unpaired) electrons. The van der Waals surface area contributed by atoms with E-state index in [9.17, 15) is 14.4 Å². The Labute approximate surface area is 195 Å². The van der Waals surface area contributed by atoms with E-state index in [0.29, 0.717) is 27.8 Å². The van der Waals surface area contributed by atoms with E-state index in [0.717, 1.165) is 10.5 Å². The van der Waals surface area contributed by atoms with Crippen LogP contribution in [0, 0.1) is 6.92 Å². The standard InChI is InChI=1S/C24H24N4O4S/c1-15-6-5-7-19(12-15)28(16(2)29)23-25-18(14-33-23)13-27-21(30)24(3,26-22(27)31)17-8-10-20(32-4)11-9-17/h5-12,14H,13H2,1-4H3,(H,26,31). The number of hydrogen-bond acceptors (Lipinski definition) is 6. The van der Waals surface area contributed by atoms with Gasteiger partial charge in [-0.05, 0) is 49.2 Å². The highest BCUT2D eigenvalue weighted by molar-refractivity contribution is 7.14. The summed E-state index contributed by atoms with van der Waals surface area (Å²) in [6.45, 7) is 5.11. The van der Waals surface area contributed by atoms with Crippen molar-refractivity contribution >= 4 is 40.0 Å². The molecule has 33 heavy (non-hydrogen) atoms. The molecule has 1 aromatic heterocycles. The zero-order chi connectivity index (χ0) is 23.8.